The monoisotopic (exact) mass is 424 g/mol. The molecule has 0 saturated carbocycles. The number of hydrogen-bond donors (Lipinski definition) is 2. The van der Waals surface area contributed by atoms with Gasteiger partial charge in [-0.25, -0.2) is 0 Å². The van der Waals surface area contributed by atoms with Crippen LogP contribution in [-0.4, -0.2) is 41.2 Å². The first-order valence-corrected chi connectivity index (χ1v) is 8.81. The maximum Gasteiger partial charge on any atom is 0.435 e. The largest absolute Gasteiger partial charge is 0.435 e. The molecule has 0 fully saturated rings. The molecule has 2 N–H and O–H groups in total. The van der Waals surface area contributed by atoms with E-state index in [0.717, 1.165) is 4.68 Å². The zero-order valence-electron chi connectivity index (χ0n) is 16.6. The summed E-state index contributed by atoms with van der Waals surface area (Å²) >= 11 is 0. The predicted octanol–water partition coefficient (Wildman–Crippen LogP) is 2.20. The highest BCUT2D eigenvalue weighted by Crippen LogP contribution is 2.28. The quantitative estimate of drug-likeness (QED) is 0.652. The first kappa shape index (κ1) is 21.1. The molecule has 0 spiro atoms. The van der Waals surface area contributed by atoms with Crippen LogP contribution in [-0.2, 0) is 26.8 Å². The molecule has 30 heavy (non-hydrogen) atoms. The molecule has 0 aliphatic rings. The van der Waals surface area contributed by atoms with Crippen LogP contribution < -0.4 is 10.6 Å². The molecular formula is C17H19F3N8O2. The van der Waals surface area contributed by atoms with Crippen molar-refractivity contribution in [3.05, 3.63) is 41.2 Å². The van der Waals surface area contributed by atoms with Gasteiger partial charge in [0.25, 0.3) is 11.8 Å². The van der Waals surface area contributed by atoms with Crippen molar-refractivity contribution in [1.82, 2.24) is 29.3 Å². The number of rotatable bonds is 5. The van der Waals surface area contributed by atoms with Crippen molar-refractivity contribution < 1.29 is 22.8 Å². The van der Waals surface area contributed by atoms with Crippen LogP contribution in [0.2, 0.25) is 0 Å². The van der Waals surface area contributed by atoms with Crippen molar-refractivity contribution in [2.75, 3.05) is 10.6 Å². The molecule has 3 rings (SSSR count). The molecule has 3 aromatic rings. The normalized spacial score (nSPS) is 11.6. The number of nitrogens with zero attached hydrogens (tertiary/aromatic N) is 6. The predicted molar refractivity (Wildman–Crippen MR) is 100.0 cm³/mol. The maximum absolute atomic E-state index is 12.9. The number of hydrogen-bond acceptors (Lipinski definition) is 5. The van der Waals surface area contributed by atoms with Crippen molar-refractivity contribution in [2.45, 2.75) is 26.6 Å². The van der Waals surface area contributed by atoms with E-state index in [2.05, 4.69) is 25.9 Å². The number of aromatic nitrogens is 6. The maximum atomic E-state index is 12.9. The van der Waals surface area contributed by atoms with E-state index in [1.807, 2.05) is 0 Å². The second-order valence-corrected chi connectivity index (χ2v) is 6.43. The molecule has 3 heterocycles. The summed E-state index contributed by atoms with van der Waals surface area (Å²) in [6.07, 6.45) is -1.95. The highest BCUT2D eigenvalue weighted by molar-refractivity contribution is 6.11. The Kier molecular flexibility index (Phi) is 5.37. The molecule has 0 aliphatic carbocycles. The summed E-state index contributed by atoms with van der Waals surface area (Å²) in [6.45, 7) is 3.85. The Hall–Kier alpha value is -3.64. The molecule has 0 atom stereocenters. The summed E-state index contributed by atoms with van der Waals surface area (Å²) < 4.78 is 42.3. The van der Waals surface area contributed by atoms with Gasteiger partial charge in [-0.2, -0.15) is 28.5 Å². The Labute approximate surface area is 168 Å². The van der Waals surface area contributed by atoms with Crippen LogP contribution in [0.1, 0.15) is 39.3 Å². The van der Waals surface area contributed by atoms with E-state index in [-0.39, 0.29) is 17.1 Å². The summed E-state index contributed by atoms with van der Waals surface area (Å²) in [5.74, 6) is -1.41. The summed E-state index contributed by atoms with van der Waals surface area (Å²) in [7, 11) is 2.94. The van der Waals surface area contributed by atoms with Gasteiger partial charge >= 0.3 is 6.18 Å². The van der Waals surface area contributed by atoms with E-state index >= 15 is 0 Å². The van der Waals surface area contributed by atoms with Crippen molar-refractivity contribution in [3.8, 4) is 0 Å². The Morgan fingerprint density at radius 2 is 1.67 bits per heavy atom. The highest BCUT2D eigenvalue weighted by Gasteiger charge is 2.35. The van der Waals surface area contributed by atoms with E-state index in [1.54, 1.807) is 25.6 Å². The molecule has 10 nitrogen and oxygen atoms in total. The van der Waals surface area contributed by atoms with E-state index < -0.39 is 23.7 Å². The van der Waals surface area contributed by atoms with Crippen LogP contribution in [0, 0.1) is 6.92 Å². The van der Waals surface area contributed by atoms with Crippen molar-refractivity contribution in [3.63, 3.8) is 0 Å². The minimum absolute atomic E-state index is 0.0484. The van der Waals surface area contributed by atoms with Gasteiger partial charge in [0, 0.05) is 26.7 Å². The number of carbonyl (C=O) groups is 2. The number of alkyl halides is 3. The molecule has 2 amide bonds. The Bertz CT molecular complexity index is 1110. The third-order valence-electron chi connectivity index (χ3n) is 4.49. The van der Waals surface area contributed by atoms with Crippen molar-refractivity contribution in [2.24, 2.45) is 14.1 Å². The first-order valence-electron chi connectivity index (χ1n) is 8.81. The number of aryl methyl sites for hydroxylation is 3. The molecular weight excluding hydrogens is 405 g/mol. The van der Waals surface area contributed by atoms with Crippen LogP contribution in [0.5, 0.6) is 0 Å². The SMILES string of the molecule is CCn1ncc(NC(=O)c2cc(C(F)(F)F)nn2C)c1C(=O)Nc1cnn(C)c1C. The topological polar surface area (TPSA) is 112 Å². The second-order valence-electron chi connectivity index (χ2n) is 6.43. The highest BCUT2D eigenvalue weighted by atomic mass is 19.4. The minimum Gasteiger partial charge on any atom is -0.318 e. The Morgan fingerprint density at radius 3 is 2.20 bits per heavy atom. The van der Waals surface area contributed by atoms with Gasteiger partial charge in [0.1, 0.15) is 11.4 Å². The summed E-state index contributed by atoms with van der Waals surface area (Å²) in [5.41, 5.74) is -0.218. The van der Waals surface area contributed by atoms with Crippen molar-refractivity contribution >= 4 is 23.2 Å². The van der Waals surface area contributed by atoms with Gasteiger partial charge in [0.2, 0.25) is 0 Å². The number of halogens is 3. The minimum atomic E-state index is -4.68. The lowest BCUT2D eigenvalue weighted by Gasteiger charge is -2.10. The second kappa shape index (κ2) is 7.65. The number of nitrogens with one attached hydrogen (secondary N) is 2. The lowest BCUT2D eigenvalue weighted by molar-refractivity contribution is -0.141. The Morgan fingerprint density at radius 1 is 1.03 bits per heavy atom. The van der Waals surface area contributed by atoms with Gasteiger partial charge in [0.05, 0.1) is 29.5 Å². The fourth-order valence-corrected chi connectivity index (χ4v) is 2.76. The third kappa shape index (κ3) is 3.90. The van der Waals surface area contributed by atoms with E-state index in [1.165, 1.54) is 24.1 Å². The molecule has 0 aliphatic heterocycles. The molecule has 0 bridgehead atoms. The lowest BCUT2D eigenvalue weighted by Crippen LogP contribution is -2.22. The Balaban J connectivity index is 1.88. The number of carbonyl (C=O) groups excluding carboxylic acids is 2. The lowest BCUT2D eigenvalue weighted by atomic mass is 10.2. The molecule has 0 radical (unpaired) electrons. The van der Waals surface area contributed by atoms with Crippen LogP contribution in [0.4, 0.5) is 24.5 Å². The molecule has 3 aromatic heterocycles. The number of anilines is 2. The van der Waals surface area contributed by atoms with E-state index in [4.69, 9.17) is 0 Å². The standard InChI is InChI=1S/C17H19F3N8O2/c1-5-28-14(16(30)23-10-7-21-26(3)9(10)2)11(8-22-28)24-15(29)12-6-13(17(18,19)20)25-27(12)4/h6-8H,5H2,1-4H3,(H,23,30)(H,24,29). The van der Waals surface area contributed by atoms with Crippen molar-refractivity contribution in [1.29, 1.82) is 0 Å². The van der Waals surface area contributed by atoms with Crippen LogP contribution in [0.3, 0.4) is 0 Å². The first-order chi connectivity index (χ1) is 14.0. The van der Waals surface area contributed by atoms with Gasteiger partial charge in [-0.05, 0) is 13.8 Å². The number of amides is 2. The molecule has 13 heteroatoms. The van der Waals surface area contributed by atoms with E-state index in [0.29, 0.717) is 24.0 Å². The average Bonchev–Trinajstić information content (AvgIpc) is 3.34. The summed E-state index contributed by atoms with van der Waals surface area (Å²) in [6, 6.07) is 0.637. The zero-order chi connectivity index (χ0) is 22.2. The van der Waals surface area contributed by atoms with Gasteiger partial charge < -0.3 is 10.6 Å². The van der Waals surface area contributed by atoms with Crippen LogP contribution in [0.15, 0.2) is 18.5 Å². The molecule has 0 saturated heterocycles. The van der Waals surface area contributed by atoms with Gasteiger partial charge in [0.15, 0.2) is 5.69 Å². The van der Waals surface area contributed by atoms with Crippen LogP contribution >= 0.6 is 0 Å². The fraction of sp³-hybridized carbons (Fsp3) is 0.353. The summed E-state index contributed by atoms with van der Waals surface area (Å²) in [4.78, 5) is 25.4. The molecule has 160 valence electrons. The van der Waals surface area contributed by atoms with Gasteiger partial charge in [-0.15, -0.1) is 0 Å². The smallest absolute Gasteiger partial charge is 0.318 e. The average molecular weight is 424 g/mol. The fourth-order valence-electron chi connectivity index (χ4n) is 2.76. The van der Waals surface area contributed by atoms with Gasteiger partial charge in [-0.1, -0.05) is 0 Å². The summed E-state index contributed by atoms with van der Waals surface area (Å²) in [5, 5.41) is 16.6. The third-order valence-corrected chi connectivity index (χ3v) is 4.49. The van der Waals surface area contributed by atoms with E-state index in [9.17, 15) is 22.8 Å². The van der Waals surface area contributed by atoms with Crippen LogP contribution in [0.25, 0.3) is 0 Å². The zero-order valence-corrected chi connectivity index (χ0v) is 16.6. The van der Waals surface area contributed by atoms with Gasteiger partial charge in [-0.3, -0.25) is 23.6 Å². The molecule has 0 unspecified atom stereocenters. The molecule has 0 aromatic carbocycles.